The topological polar surface area (TPSA) is 105 Å². The van der Waals surface area contributed by atoms with E-state index in [-0.39, 0.29) is 11.6 Å². The highest BCUT2D eigenvalue weighted by Crippen LogP contribution is 2.29. The molecule has 2 heterocycles. The van der Waals surface area contributed by atoms with Crippen LogP contribution in [0, 0.1) is 11.8 Å². The summed E-state index contributed by atoms with van der Waals surface area (Å²) in [7, 11) is 0. The van der Waals surface area contributed by atoms with Gasteiger partial charge < -0.3 is 19.7 Å². The van der Waals surface area contributed by atoms with Gasteiger partial charge in [-0.15, -0.1) is 0 Å². The van der Waals surface area contributed by atoms with E-state index < -0.39 is 23.6 Å². The van der Waals surface area contributed by atoms with E-state index in [0.29, 0.717) is 31.6 Å². The molecule has 1 aromatic heterocycles. The number of ether oxygens (including phenoxy) is 1. The summed E-state index contributed by atoms with van der Waals surface area (Å²) in [4.78, 5) is 41.5. The quantitative estimate of drug-likeness (QED) is 0.614. The standard InChI is InChI=1S/C25H29N3O5/c1-25(2,3)33-24(32)27-12-11-17(15-27)19(22(29)30)14-16-7-6-8-18(13-16)28-21-10-5-4-9-20(21)26-23(28)31/h4-10,13,17,19H,11-12,14-15H2,1-3H3,(H,26,31)(H,29,30)/t17-,19-/m0/s1. The lowest BCUT2D eigenvalue weighted by Gasteiger charge is -2.25. The fraction of sp³-hybridized carbons (Fsp3) is 0.400. The second kappa shape index (κ2) is 8.77. The lowest BCUT2D eigenvalue weighted by atomic mass is 9.86. The summed E-state index contributed by atoms with van der Waals surface area (Å²) in [5.41, 5.74) is 2.17. The Hall–Kier alpha value is -3.55. The molecule has 8 nitrogen and oxygen atoms in total. The Morgan fingerprint density at radius 1 is 1.18 bits per heavy atom. The van der Waals surface area contributed by atoms with E-state index in [1.807, 2.05) is 69.3 Å². The fourth-order valence-corrected chi connectivity index (χ4v) is 4.45. The number of amides is 1. The van der Waals surface area contributed by atoms with Crippen LogP contribution in [0.3, 0.4) is 0 Å². The number of nitrogens with one attached hydrogen (secondary N) is 1. The first kappa shape index (κ1) is 22.6. The van der Waals surface area contributed by atoms with Crippen LogP contribution in [-0.2, 0) is 16.0 Å². The average Bonchev–Trinajstić information content (AvgIpc) is 3.35. The molecule has 1 aliphatic heterocycles. The number of aromatic amines is 1. The number of hydrogen-bond acceptors (Lipinski definition) is 4. The van der Waals surface area contributed by atoms with E-state index in [4.69, 9.17) is 4.74 Å². The maximum atomic E-state index is 12.6. The number of carboxylic acids is 1. The van der Waals surface area contributed by atoms with Crippen molar-refractivity contribution in [1.29, 1.82) is 0 Å². The molecule has 0 bridgehead atoms. The number of carbonyl (C=O) groups is 2. The van der Waals surface area contributed by atoms with E-state index in [0.717, 1.165) is 16.6 Å². The van der Waals surface area contributed by atoms with Crippen molar-refractivity contribution in [3.63, 3.8) is 0 Å². The number of benzene rings is 2. The van der Waals surface area contributed by atoms with Gasteiger partial charge in [0, 0.05) is 13.1 Å². The molecule has 0 spiro atoms. The maximum Gasteiger partial charge on any atom is 0.410 e. The van der Waals surface area contributed by atoms with Crippen LogP contribution in [0.5, 0.6) is 0 Å². The van der Waals surface area contributed by atoms with Crippen molar-refractivity contribution in [2.24, 2.45) is 11.8 Å². The SMILES string of the molecule is CC(C)(C)OC(=O)N1CC[C@H]([C@H](Cc2cccc(-n3c(=O)[nH]c4ccccc43)c2)C(=O)O)C1. The molecule has 0 saturated carbocycles. The first-order valence-corrected chi connectivity index (χ1v) is 11.1. The number of para-hydroxylation sites is 2. The molecule has 8 heteroatoms. The van der Waals surface area contributed by atoms with Gasteiger partial charge in [-0.05, 0) is 69.4 Å². The van der Waals surface area contributed by atoms with Gasteiger partial charge in [0.05, 0.1) is 22.6 Å². The predicted molar refractivity (Wildman–Crippen MR) is 125 cm³/mol. The predicted octanol–water partition coefficient (Wildman–Crippen LogP) is 3.82. The van der Waals surface area contributed by atoms with Crippen molar-refractivity contribution in [3.05, 3.63) is 64.6 Å². The van der Waals surface area contributed by atoms with Crippen LogP contribution in [0.4, 0.5) is 4.79 Å². The first-order valence-electron chi connectivity index (χ1n) is 11.1. The van der Waals surface area contributed by atoms with Gasteiger partial charge in [0.25, 0.3) is 0 Å². The number of fused-ring (bicyclic) bond motifs is 1. The molecule has 174 valence electrons. The molecule has 1 saturated heterocycles. The van der Waals surface area contributed by atoms with E-state index in [1.165, 1.54) is 0 Å². The third-order valence-corrected chi connectivity index (χ3v) is 5.98. The molecule has 1 amide bonds. The van der Waals surface area contributed by atoms with Gasteiger partial charge in [-0.25, -0.2) is 9.59 Å². The average molecular weight is 452 g/mol. The van der Waals surface area contributed by atoms with Crippen molar-refractivity contribution in [3.8, 4) is 5.69 Å². The Morgan fingerprint density at radius 3 is 2.67 bits per heavy atom. The molecule has 1 fully saturated rings. The molecule has 1 aliphatic rings. The van der Waals surface area contributed by atoms with Gasteiger partial charge >= 0.3 is 17.8 Å². The summed E-state index contributed by atoms with van der Waals surface area (Å²) >= 11 is 0. The molecule has 3 aromatic rings. The number of likely N-dealkylation sites (tertiary alicyclic amines) is 1. The molecule has 2 N–H and O–H groups in total. The number of imidazole rings is 1. The van der Waals surface area contributed by atoms with Crippen molar-refractivity contribution >= 4 is 23.1 Å². The monoisotopic (exact) mass is 451 g/mol. The van der Waals surface area contributed by atoms with Gasteiger partial charge in [0.2, 0.25) is 0 Å². The number of aliphatic carboxylic acids is 1. The molecule has 0 aliphatic carbocycles. The summed E-state index contributed by atoms with van der Waals surface area (Å²) in [5, 5.41) is 9.95. The molecule has 0 unspecified atom stereocenters. The highest BCUT2D eigenvalue weighted by atomic mass is 16.6. The molecule has 2 aromatic carbocycles. The Labute approximate surface area is 191 Å². The number of aromatic nitrogens is 2. The van der Waals surface area contributed by atoms with Crippen molar-refractivity contribution in [2.45, 2.75) is 39.2 Å². The molecular weight excluding hydrogens is 422 g/mol. The third kappa shape index (κ3) is 4.94. The molecule has 4 rings (SSSR count). The highest BCUT2D eigenvalue weighted by molar-refractivity contribution is 5.77. The number of carbonyl (C=O) groups excluding carboxylic acids is 1. The molecule has 33 heavy (non-hydrogen) atoms. The van der Waals surface area contributed by atoms with Crippen LogP contribution in [0.2, 0.25) is 0 Å². The maximum absolute atomic E-state index is 12.6. The lowest BCUT2D eigenvalue weighted by molar-refractivity contribution is -0.143. The minimum absolute atomic E-state index is 0.172. The lowest BCUT2D eigenvalue weighted by Crippen LogP contribution is -2.36. The molecule has 0 radical (unpaired) electrons. The molecular formula is C25H29N3O5. The van der Waals surface area contributed by atoms with E-state index in [2.05, 4.69) is 4.98 Å². The highest BCUT2D eigenvalue weighted by Gasteiger charge is 2.37. The normalized spacial score (nSPS) is 17.3. The minimum atomic E-state index is -0.888. The Kier molecular flexibility index (Phi) is 6.01. The van der Waals surface area contributed by atoms with E-state index >= 15 is 0 Å². The summed E-state index contributed by atoms with van der Waals surface area (Å²) < 4.78 is 7.03. The number of hydrogen-bond donors (Lipinski definition) is 2. The van der Waals surface area contributed by atoms with Crippen LogP contribution in [0.1, 0.15) is 32.8 Å². The van der Waals surface area contributed by atoms with Gasteiger partial charge in [0.15, 0.2) is 0 Å². The summed E-state index contributed by atoms with van der Waals surface area (Å²) in [6, 6.07) is 14.8. The second-order valence-corrected chi connectivity index (χ2v) is 9.58. The summed E-state index contributed by atoms with van der Waals surface area (Å²) in [6.45, 7) is 6.27. The largest absolute Gasteiger partial charge is 0.481 e. The minimum Gasteiger partial charge on any atom is -0.481 e. The smallest absolute Gasteiger partial charge is 0.410 e. The van der Waals surface area contributed by atoms with Crippen LogP contribution < -0.4 is 5.69 Å². The van der Waals surface area contributed by atoms with Crippen molar-refractivity contribution in [2.75, 3.05) is 13.1 Å². The van der Waals surface area contributed by atoms with Crippen LogP contribution in [-0.4, -0.2) is 50.3 Å². The van der Waals surface area contributed by atoms with E-state index in [9.17, 15) is 19.5 Å². The van der Waals surface area contributed by atoms with Gasteiger partial charge in [0.1, 0.15) is 5.60 Å². The Bertz CT molecular complexity index is 1240. The third-order valence-electron chi connectivity index (χ3n) is 5.98. The first-order chi connectivity index (χ1) is 15.6. The number of carboxylic acid groups (broad SMARTS) is 1. The second-order valence-electron chi connectivity index (χ2n) is 9.58. The number of H-pyrrole nitrogens is 1. The zero-order chi connectivity index (χ0) is 23.8. The van der Waals surface area contributed by atoms with Crippen LogP contribution >= 0.6 is 0 Å². The van der Waals surface area contributed by atoms with Gasteiger partial charge in [-0.1, -0.05) is 24.3 Å². The molecule has 2 atom stereocenters. The zero-order valence-corrected chi connectivity index (χ0v) is 19.1. The Morgan fingerprint density at radius 2 is 1.94 bits per heavy atom. The zero-order valence-electron chi connectivity index (χ0n) is 19.1. The fourth-order valence-electron chi connectivity index (χ4n) is 4.45. The summed E-state index contributed by atoms with van der Waals surface area (Å²) in [6.07, 6.45) is 0.514. The number of rotatable bonds is 5. The van der Waals surface area contributed by atoms with Crippen LogP contribution in [0.15, 0.2) is 53.3 Å². The van der Waals surface area contributed by atoms with Crippen LogP contribution in [0.25, 0.3) is 16.7 Å². The summed E-state index contributed by atoms with van der Waals surface area (Å²) in [5.74, 6) is -1.71. The van der Waals surface area contributed by atoms with Gasteiger partial charge in [-0.2, -0.15) is 0 Å². The van der Waals surface area contributed by atoms with Crippen molar-refractivity contribution in [1.82, 2.24) is 14.5 Å². The van der Waals surface area contributed by atoms with E-state index in [1.54, 1.807) is 9.47 Å². The van der Waals surface area contributed by atoms with Gasteiger partial charge in [-0.3, -0.25) is 9.36 Å². The van der Waals surface area contributed by atoms with Crippen molar-refractivity contribution < 1.29 is 19.4 Å². The Balaban J connectivity index is 1.54. The number of nitrogens with zero attached hydrogens (tertiary/aromatic N) is 2.